The van der Waals surface area contributed by atoms with Crippen molar-refractivity contribution in [2.75, 3.05) is 7.11 Å². The SMILES string of the molecule is CCC(C)(OC)c1ncc(CNC2CC2)c(C)n1. The minimum Gasteiger partial charge on any atom is -0.371 e. The number of hydrogen-bond donors (Lipinski definition) is 1. The molecule has 0 saturated heterocycles. The predicted molar refractivity (Wildman–Crippen MR) is 71.3 cm³/mol. The maximum atomic E-state index is 5.54. The number of nitrogens with zero attached hydrogens (tertiary/aromatic N) is 2. The lowest BCUT2D eigenvalue weighted by atomic mass is 10.0. The second kappa shape index (κ2) is 5.33. The highest BCUT2D eigenvalue weighted by atomic mass is 16.5. The standard InChI is InChI=1S/C14H23N3O/c1-5-14(3,18-4)13-16-9-11(10(2)17-13)8-15-12-6-7-12/h9,12,15H,5-8H2,1-4H3. The molecule has 1 unspecified atom stereocenters. The number of hydrogen-bond acceptors (Lipinski definition) is 4. The van der Waals surface area contributed by atoms with Crippen LogP contribution in [0.2, 0.25) is 0 Å². The molecule has 4 nitrogen and oxygen atoms in total. The first-order valence-corrected chi connectivity index (χ1v) is 6.70. The Morgan fingerprint density at radius 2 is 2.22 bits per heavy atom. The van der Waals surface area contributed by atoms with Crippen molar-refractivity contribution >= 4 is 0 Å². The summed E-state index contributed by atoms with van der Waals surface area (Å²) in [5, 5.41) is 3.49. The molecule has 2 rings (SSSR count). The molecule has 0 aromatic carbocycles. The zero-order chi connectivity index (χ0) is 13.2. The highest BCUT2D eigenvalue weighted by Gasteiger charge is 2.28. The van der Waals surface area contributed by atoms with Crippen molar-refractivity contribution in [1.82, 2.24) is 15.3 Å². The van der Waals surface area contributed by atoms with Crippen molar-refractivity contribution < 1.29 is 4.74 Å². The van der Waals surface area contributed by atoms with Crippen molar-refractivity contribution in [3.63, 3.8) is 0 Å². The van der Waals surface area contributed by atoms with Gasteiger partial charge in [0.2, 0.25) is 0 Å². The summed E-state index contributed by atoms with van der Waals surface area (Å²) in [7, 11) is 1.71. The molecule has 1 fully saturated rings. The van der Waals surface area contributed by atoms with E-state index < -0.39 is 0 Å². The van der Waals surface area contributed by atoms with Gasteiger partial charge in [-0.1, -0.05) is 6.92 Å². The van der Waals surface area contributed by atoms with Gasteiger partial charge in [-0.15, -0.1) is 0 Å². The monoisotopic (exact) mass is 249 g/mol. The van der Waals surface area contributed by atoms with Crippen LogP contribution in [0.3, 0.4) is 0 Å². The van der Waals surface area contributed by atoms with Gasteiger partial charge in [0.05, 0.1) is 0 Å². The zero-order valence-corrected chi connectivity index (χ0v) is 11.8. The highest BCUT2D eigenvalue weighted by Crippen LogP contribution is 2.25. The quantitative estimate of drug-likeness (QED) is 0.840. The number of ether oxygens (including phenoxy) is 1. The van der Waals surface area contributed by atoms with Crippen molar-refractivity contribution in [1.29, 1.82) is 0 Å². The molecule has 0 aliphatic heterocycles. The number of rotatable bonds is 6. The van der Waals surface area contributed by atoms with Crippen molar-refractivity contribution in [2.24, 2.45) is 0 Å². The lowest BCUT2D eigenvalue weighted by molar-refractivity contribution is -0.00916. The molecular formula is C14H23N3O. The number of methoxy groups -OCH3 is 1. The van der Waals surface area contributed by atoms with E-state index in [1.54, 1.807) is 7.11 Å². The van der Waals surface area contributed by atoms with Gasteiger partial charge < -0.3 is 10.1 Å². The third-order valence-corrected chi connectivity index (χ3v) is 3.84. The normalized spacial score (nSPS) is 18.7. The van der Waals surface area contributed by atoms with Crippen LogP contribution >= 0.6 is 0 Å². The van der Waals surface area contributed by atoms with Crippen LogP contribution in [0.4, 0.5) is 0 Å². The molecular weight excluding hydrogens is 226 g/mol. The first-order valence-electron chi connectivity index (χ1n) is 6.70. The fraction of sp³-hybridized carbons (Fsp3) is 0.714. The van der Waals surface area contributed by atoms with Crippen LogP contribution in [0.5, 0.6) is 0 Å². The van der Waals surface area contributed by atoms with Crippen LogP contribution in [0.1, 0.15) is 50.2 Å². The number of aryl methyl sites for hydroxylation is 1. The first kappa shape index (κ1) is 13.4. The molecule has 1 saturated carbocycles. The van der Waals surface area contributed by atoms with Gasteiger partial charge in [0, 0.05) is 37.2 Å². The average molecular weight is 249 g/mol. The van der Waals surface area contributed by atoms with Gasteiger partial charge in [-0.2, -0.15) is 0 Å². The van der Waals surface area contributed by atoms with Crippen LogP contribution in [-0.2, 0) is 16.9 Å². The molecule has 1 aliphatic carbocycles. The fourth-order valence-corrected chi connectivity index (χ4v) is 1.86. The fourth-order valence-electron chi connectivity index (χ4n) is 1.86. The summed E-state index contributed by atoms with van der Waals surface area (Å²) in [5.74, 6) is 0.778. The van der Waals surface area contributed by atoms with Crippen LogP contribution in [0, 0.1) is 6.92 Å². The molecule has 1 aliphatic rings. The molecule has 1 aromatic rings. The van der Waals surface area contributed by atoms with Gasteiger partial charge >= 0.3 is 0 Å². The smallest absolute Gasteiger partial charge is 0.160 e. The van der Waals surface area contributed by atoms with Gasteiger partial charge in [0.15, 0.2) is 5.82 Å². The van der Waals surface area contributed by atoms with E-state index in [-0.39, 0.29) is 5.60 Å². The van der Waals surface area contributed by atoms with Gasteiger partial charge in [0.25, 0.3) is 0 Å². The Bertz CT molecular complexity index is 412. The summed E-state index contributed by atoms with van der Waals surface area (Å²) in [6.45, 7) is 7.03. The maximum absolute atomic E-state index is 5.54. The molecule has 0 spiro atoms. The summed E-state index contributed by atoms with van der Waals surface area (Å²) in [4.78, 5) is 9.08. The van der Waals surface area contributed by atoms with E-state index in [9.17, 15) is 0 Å². The lowest BCUT2D eigenvalue weighted by Gasteiger charge is -2.25. The molecule has 1 heterocycles. The Hall–Kier alpha value is -1.00. The van der Waals surface area contributed by atoms with Crippen molar-refractivity contribution in [2.45, 2.75) is 58.2 Å². The van der Waals surface area contributed by atoms with Gasteiger partial charge in [-0.05, 0) is 33.1 Å². The van der Waals surface area contributed by atoms with Gasteiger partial charge in [-0.25, -0.2) is 9.97 Å². The maximum Gasteiger partial charge on any atom is 0.160 e. The second-order valence-corrected chi connectivity index (χ2v) is 5.25. The summed E-state index contributed by atoms with van der Waals surface area (Å²) in [5.41, 5.74) is 1.85. The molecule has 0 amide bonds. The van der Waals surface area contributed by atoms with Gasteiger partial charge in [0.1, 0.15) is 5.60 Å². The Labute approximate surface area is 109 Å². The van der Waals surface area contributed by atoms with Gasteiger partial charge in [-0.3, -0.25) is 0 Å². The molecule has 1 N–H and O–H groups in total. The largest absolute Gasteiger partial charge is 0.371 e. The van der Waals surface area contributed by atoms with E-state index in [4.69, 9.17) is 4.74 Å². The molecule has 0 bridgehead atoms. The Kier molecular flexibility index (Phi) is 3.97. The molecule has 1 aromatic heterocycles. The number of aromatic nitrogens is 2. The van der Waals surface area contributed by atoms with E-state index in [2.05, 4.69) is 22.2 Å². The topological polar surface area (TPSA) is 47.0 Å². The number of nitrogens with one attached hydrogen (secondary N) is 1. The second-order valence-electron chi connectivity index (χ2n) is 5.25. The van der Waals surface area contributed by atoms with Crippen LogP contribution in [0.25, 0.3) is 0 Å². The van der Waals surface area contributed by atoms with Crippen LogP contribution in [0.15, 0.2) is 6.20 Å². The molecule has 1 atom stereocenters. The molecule has 100 valence electrons. The Morgan fingerprint density at radius 3 is 2.72 bits per heavy atom. The third kappa shape index (κ3) is 2.87. The van der Waals surface area contributed by atoms with E-state index >= 15 is 0 Å². The van der Waals surface area contributed by atoms with Crippen molar-refractivity contribution in [3.05, 3.63) is 23.3 Å². The van der Waals surface area contributed by atoms with E-state index in [0.29, 0.717) is 6.04 Å². The third-order valence-electron chi connectivity index (χ3n) is 3.84. The van der Waals surface area contributed by atoms with E-state index in [0.717, 1.165) is 24.5 Å². The minimum atomic E-state index is -0.382. The predicted octanol–water partition coefficient (Wildman–Crippen LogP) is 2.31. The summed E-state index contributed by atoms with van der Waals surface area (Å²) >= 11 is 0. The lowest BCUT2D eigenvalue weighted by Crippen LogP contribution is -2.27. The summed E-state index contributed by atoms with van der Waals surface area (Å²) < 4.78 is 5.54. The minimum absolute atomic E-state index is 0.382. The summed E-state index contributed by atoms with van der Waals surface area (Å²) in [6.07, 6.45) is 5.40. The van der Waals surface area contributed by atoms with Crippen LogP contribution in [-0.4, -0.2) is 23.1 Å². The van der Waals surface area contributed by atoms with E-state index in [1.165, 1.54) is 18.4 Å². The molecule has 0 radical (unpaired) electrons. The molecule has 4 heteroatoms. The Balaban J connectivity index is 2.12. The van der Waals surface area contributed by atoms with E-state index in [1.807, 2.05) is 20.0 Å². The Morgan fingerprint density at radius 1 is 1.50 bits per heavy atom. The van der Waals surface area contributed by atoms with Crippen LogP contribution < -0.4 is 5.32 Å². The average Bonchev–Trinajstić information content (AvgIpc) is 3.20. The summed E-state index contributed by atoms with van der Waals surface area (Å²) in [6, 6.07) is 0.712. The highest BCUT2D eigenvalue weighted by molar-refractivity contribution is 5.18. The zero-order valence-electron chi connectivity index (χ0n) is 11.8. The van der Waals surface area contributed by atoms with Crippen molar-refractivity contribution in [3.8, 4) is 0 Å². The molecule has 18 heavy (non-hydrogen) atoms. The first-order chi connectivity index (χ1) is 8.59.